The molecule has 5 atom stereocenters. The number of hydrogen-bond donors (Lipinski definition) is 0. The SMILES string of the molecule is CC(CCCCC(C)(C)N1CCCC1(C)C(C)C)C1C2CC2CN1C(C)(C)C. The van der Waals surface area contributed by atoms with Gasteiger partial charge in [0.15, 0.2) is 0 Å². The number of nitrogens with zero attached hydrogens (tertiary/aromatic N) is 2. The molecule has 1 aliphatic carbocycles. The summed E-state index contributed by atoms with van der Waals surface area (Å²) in [6.07, 6.45) is 9.82. The number of unbranched alkanes of at least 4 members (excludes halogenated alkanes) is 1. The monoisotopic (exact) mass is 390 g/mol. The van der Waals surface area contributed by atoms with Gasteiger partial charge in [0.1, 0.15) is 0 Å². The van der Waals surface area contributed by atoms with Gasteiger partial charge in [0.2, 0.25) is 0 Å². The molecule has 3 rings (SSSR count). The van der Waals surface area contributed by atoms with E-state index in [4.69, 9.17) is 0 Å². The highest BCUT2D eigenvalue weighted by Gasteiger charge is 2.56. The fourth-order valence-corrected chi connectivity index (χ4v) is 6.86. The fourth-order valence-electron chi connectivity index (χ4n) is 6.86. The lowest BCUT2D eigenvalue weighted by Crippen LogP contribution is -2.55. The molecule has 0 aromatic rings. The van der Waals surface area contributed by atoms with E-state index in [2.05, 4.69) is 72.1 Å². The van der Waals surface area contributed by atoms with Crippen molar-refractivity contribution in [2.75, 3.05) is 13.1 Å². The van der Waals surface area contributed by atoms with E-state index in [-0.39, 0.29) is 0 Å². The Hall–Kier alpha value is -0.0800. The number of likely N-dealkylation sites (tertiary alicyclic amines) is 2. The maximum absolute atomic E-state index is 2.86. The summed E-state index contributed by atoms with van der Waals surface area (Å²) in [5.41, 5.74) is 1.07. The Morgan fingerprint density at radius 1 is 1.04 bits per heavy atom. The van der Waals surface area contributed by atoms with Crippen LogP contribution in [0.4, 0.5) is 0 Å². The van der Waals surface area contributed by atoms with E-state index in [1.54, 1.807) is 0 Å². The summed E-state index contributed by atoms with van der Waals surface area (Å²) in [5, 5.41) is 0. The predicted octanol–water partition coefficient (Wildman–Crippen LogP) is 6.59. The second-order valence-electron chi connectivity index (χ2n) is 12.8. The van der Waals surface area contributed by atoms with E-state index in [0.29, 0.717) is 16.6 Å². The van der Waals surface area contributed by atoms with Gasteiger partial charge in [0.05, 0.1) is 0 Å². The average Bonchev–Trinajstić information content (AvgIpc) is 3.03. The van der Waals surface area contributed by atoms with Crippen LogP contribution in [-0.2, 0) is 0 Å². The smallest absolute Gasteiger partial charge is 0.0210 e. The first-order valence-corrected chi connectivity index (χ1v) is 12.4. The van der Waals surface area contributed by atoms with Gasteiger partial charge in [-0.2, -0.15) is 0 Å². The summed E-state index contributed by atoms with van der Waals surface area (Å²) >= 11 is 0. The molecule has 28 heavy (non-hydrogen) atoms. The lowest BCUT2D eigenvalue weighted by molar-refractivity contribution is 0.00713. The Morgan fingerprint density at radius 3 is 2.32 bits per heavy atom. The summed E-state index contributed by atoms with van der Waals surface area (Å²) in [6, 6.07) is 0.848. The van der Waals surface area contributed by atoms with Crippen molar-refractivity contribution in [3.05, 3.63) is 0 Å². The summed E-state index contributed by atoms with van der Waals surface area (Å²) in [6.45, 7) is 24.8. The Balaban J connectivity index is 1.49. The molecule has 0 aromatic carbocycles. The normalized spacial score (nSPS) is 35.6. The van der Waals surface area contributed by atoms with E-state index in [1.807, 2.05) is 0 Å². The van der Waals surface area contributed by atoms with Crippen LogP contribution in [0.2, 0.25) is 0 Å². The van der Waals surface area contributed by atoms with Gasteiger partial charge in [0, 0.05) is 29.2 Å². The number of fused-ring (bicyclic) bond motifs is 1. The lowest BCUT2D eigenvalue weighted by atomic mass is 9.81. The Kier molecular flexibility index (Phi) is 6.36. The minimum Gasteiger partial charge on any atom is -0.295 e. The molecular formula is C26H50N2. The van der Waals surface area contributed by atoms with E-state index in [1.165, 1.54) is 58.0 Å². The molecule has 164 valence electrons. The first kappa shape index (κ1) is 22.6. The minimum atomic E-state index is 0.338. The molecule has 1 saturated carbocycles. The van der Waals surface area contributed by atoms with Gasteiger partial charge in [-0.15, -0.1) is 0 Å². The Labute approximate surface area is 176 Å². The lowest BCUT2D eigenvalue weighted by Gasteiger charge is -2.48. The van der Waals surface area contributed by atoms with Crippen LogP contribution >= 0.6 is 0 Å². The van der Waals surface area contributed by atoms with Crippen molar-refractivity contribution in [2.24, 2.45) is 23.7 Å². The highest BCUT2D eigenvalue weighted by Crippen LogP contribution is 2.54. The third-order valence-corrected chi connectivity index (χ3v) is 9.01. The molecule has 0 spiro atoms. The molecule has 5 unspecified atom stereocenters. The third-order valence-electron chi connectivity index (χ3n) is 9.01. The highest BCUT2D eigenvalue weighted by atomic mass is 15.3. The van der Waals surface area contributed by atoms with E-state index in [0.717, 1.165) is 29.7 Å². The third kappa shape index (κ3) is 4.34. The van der Waals surface area contributed by atoms with Gasteiger partial charge < -0.3 is 0 Å². The van der Waals surface area contributed by atoms with Gasteiger partial charge in [-0.25, -0.2) is 0 Å². The van der Waals surface area contributed by atoms with Gasteiger partial charge in [-0.3, -0.25) is 9.80 Å². The topological polar surface area (TPSA) is 6.48 Å². The zero-order valence-corrected chi connectivity index (χ0v) is 20.6. The van der Waals surface area contributed by atoms with Crippen LogP contribution in [0.1, 0.15) is 107 Å². The number of hydrogen-bond acceptors (Lipinski definition) is 2. The van der Waals surface area contributed by atoms with Crippen molar-refractivity contribution in [1.82, 2.24) is 9.80 Å². The maximum atomic E-state index is 2.86. The molecule has 2 aliphatic heterocycles. The summed E-state index contributed by atoms with van der Waals surface area (Å²) in [4.78, 5) is 5.71. The molecule has 3 aliphatic rings. The molecule has 0 N–H and O–H groups in total. The van der Waals surface area contributed by atoms with Gasteiger partial charge in [-0.05, 0) is 104 Å². The predicted molar refractivity (Wildman–Crippen MR) is 123 cm³/mol. The zero-order chi connectivity index (χ0) is 20.9. The molecule has 0 radical (unpaired) electrons. The van der Waals surface area contributed by atoms with Crippen LogP contribution in [0, 0.1) is 23.7 Å². The Morgan fingerprint density at radius 2 is 1.71 bits per heavy atom. The van der Waals surface area contributed by atoms with Crippen molar-refractivity contribution in [3.63, 3.8) is 0 Å². The van der Waals surface area contributed by atoms with Crippen molar-refractivity contribution in [3.8, 4) is 0 Å². The zero-order valence-electron chi connectivity index (χ0n) is 20.6. The molecule has 3 fully saturated rings. The first-order chi connectivity index (χ1) is 12.9. The number of piperidine rings is 1. The minimum absolute atomic E-state index is 0.338. The highest BCUT2D eigenvalue weighted by molar-refractivity contribution is 5.08. The van der Waals surface area contributed by atoms with E-state index < -0.39 is 0 Å². The fraction of sp³-hybridized carbons (Fsp3) is 1.00. The second kappa shape index (κ2) is 7.88. The van der Waals surface area contributed by atoms with Gasteiger partial charge >= 0.3 is 0 Å². The molecule has 2 nitrogen and oxygen atoms in total. The molecule has 2 heteroatoms. The Bertz CT molecular complexity index is 531. The van der Waals surface area contributed by atoms with Crippen LogP contribution in [0.3, 0.4) is 0 Å². The molecule has 2 heterocycles. The van der Waals surface area contributed by atoms with Crippen LogP contribution in [0.25, 0.3) is 0 Å². The van der Waals surface area contributed by atoms with Crippen molar-refractivity contribution < 1.29 is 0 Å². The second-order valence-corrected chi connectivity index (χ2v) is 12.8. The van der Waals surface area contributed by atoms with Crippen molar-refractivity contribution in [2.45, 2.75) is 130 Å². The van der Waals surface area contributed by atoms with E-state index >= 15 is 0 Å². The number of rotatable bonds is 8. The summed E-state index contributed by atoms with van der Waals surface area (Å²) < 4.78 is 0. The van der Waals surface area contributed by atoms with Crippen LogP contribution in [0.15, 0.2) is 0 Å². The standard InChI is InChI=1S/C26H50N2/c1-19(2)26(9)15-12-16-28(26)25(7,8)14-11-10-13-20(3)23-22-17-21(22)18-27(23)24(4,5)6/h19-23H,10-18H2,1-9H3. The molecule has 0 bridgehead atoms. The molecule has 2 saturated heterocycles. The summed E-state index contributed by atoms with van der Waals surface area (Å²) in [7, 11) is 0. The van der Waals surface area contributed by atoms with Crippen molar-refractivity contribution in [1.29, 1.82) is 0 Å². The first-order valence-electron chi connectivity index (χ1n) is 12.4. The average molecular weight is 391 g/mol. The van der Waals surface area contributed by atoms with Crippen LogP contribution in [0.5, 0.6) is 0 Å². The van der Waals surface area contributed by atoms with Crippen LogP contribution in [-0.4, -0.2) is 45.5 Å². The summed E-state index contributed by atoms with van der Waals surface area (Å²) in [5.74, 6) is 3.63. The van der Waals surface area contributed by atoms with Gasteiger partial charge in [0.25, 0.3) is 0 Å². The van der Waals surface area contributed by atoms with Crippen LogP contribution < -0.4 is 0 Å². The van der Waals surface area contributed by atoms with Crippen molar-refractivity contribution >= 4 is 0 Å². The molecular weight excluding hydrogens is 340 g/mol. The largest absolute Gasteiger partial charge is 0.295 e. The van der Waals surface area contributed by atoms with E-state index in [9.17, 15) is 0 Å². The van der Waals surface area contributed by atoms with Gasteiger partial charge in [-0.1, -0.05) is 33.6 Å². The molecule has 0 amide bonds. The quantitative estimate of drug-likeness (QED) is 0.431. The maximum Gasteiger partial charge on any atom is 0.0210 e. The molecule has 0 aromatic heterocycles.